The Bertz CT molecular complexity index is 3260. The summed E-state index contributed by atoms with van der Waals surface area (Å²) in [5.41, 5.74) is 4.15. The molecule has 0 radical (unpaired) electrons. The first kappa shape index (κ1) is 41.7. The number of nitrogens with zero attached hydrogens (tertiary/aromatic N) is 8. The Morgan fingerprint density at radius 1 is 0.828 bits per heavy atom. The summed E-state index contributed by atoms with van der Waals surface area (Å²) in [5.74, 6) is -4.26. The Labute approximate surface area is 362 Å². The first-order chi connectivity index (χ1) is 30.7. The number of carbonyl (C=O) groups is 2. The van der Waals surface area contributed by atoms with Crippen molar-refractivity contribution in [3.63, 3.8) is 0 Å². The molecule has 64 heavy (non-hydrogen) atoms. The highest BCUT2D eigenvalue weighted by Gasteiger charge is 2.28. The molecule has 0 bridgehead atoms. The highest BCUT2D eigenvalue weighted by molar-refractivity contribution is 7.91. The van der Waals surface area contributed by atoms with Crippen LogP contribution in [-0.2, 0) is 48.4 Å². The van der Waals surface area contributed by atoms with Gasteiger partial charge in [0.2, 0.25) is 12.0 Å². The van der Waals surface area contributed by atoms with Crippen LogP contribution in [0, 0.1) is 23.3 Å². The molecular weight excluding hydrogens is 855 g/mol. The van der Waals surface area contributed by atoms with E-state index < -0.39 is 62.3 Å². The van der Waals surface area contributed by atoms with Gasteiger partial charge in [-0.3, -0.25) is 14.4 Å². The van der Waals surface area contributed by atoms with Crippen molar-refractivity contribution in [3.8, 4) is 28.1 Å². The number of hydrogen-bond acceptors (Lipinski definition) is 8. The van der Waals surface area contributed by atoms with E-state index in [2.05, 4.69) is 20.4 Å². The van der Waals surface area contributed by atoms with Gasteiger partial charge in [0, 0.05) is 54.3 Å². The summed E-state index contributed by atoms with van der Waals surface area (Å²) in [7, 11) is -0.842. The van der Waals surface area contributed by atoms with Crippen molar-refractivity contribution in [1.82, 2.24) is 34.3 Å². The van der Waals surface area contributed by atoms with Crippen molar-refractivity contribution in [2.75, 3.05) is 17.2 Å². The van der Waals surface area contributed by atoms with E-state index >= 15 is 13.2 Å². The smallest absolute Gasteiger partial charge is 0.414 e. The minimum atomic E-state index is -4.30. The third-order valence-corrected chi connectivity index (χ3v) is 12.6. The molecule has 1 aliphatic heterocycles. The second-order valence-corrected chi connectivity index (χ2v) is 17.2. The van der Waals surface area contributed by atoms with Gasteiger partial charge in [0.25, 0.3) is 5.91 Å². The highest BCUT2D eigenvalue weighted by atomic mass is 32.2. The van der Waals surface area contributed by atoms with Crippen molar-refractivity contribution in [3.05, 3.63) is 162 Å². The molecule has 4 aromatic carbocycles. The standard InChI is InChI=1S/C45H35F4N9O5S/c1-54-20-32(17-53-54)27-7-9-29(35(47)13-27)22-56-25-41(43-37(49)15-34(46)16-40(43)56)64(61,62)12-11-50-44(59)38-18-52-42(19-51-38)58-24-33(21-55(58)2)28-8-10-30(36(48)14-28)23-57-39-6-4-3-5-31(39)26-63-45(57)60/h3-10,13-21,24-25H,11-12,22-23,26H2,1-2H3/p+1. The van der Waals surface area contributed by atoms with Crippen LogP contribution >= 0.6 is 0 Å². The van der Waals surface area contributed by atoms with Crippen LogP contribution in [0.1, 0.15) is 27.2 Å². The van der Waals surface area contributed by atoms with Gasteiger partial charge in [0.05, 0.1) is 70.7 Å². The topological polar surface area (TPSA) is 150 Å². The van der Waals surface area contributed by atoms with Crippen LogP contribution in [0.2, 0.25) is 0 Å². The lowest BCUT2D eigenvalue weighted by Crippen LogP contribution is -2.37. The number of cyclic esters (lactones) is 1. The molecule has 0 spiro atoms. The predicted octanol–water partition coefficient (Wildman–Crippen LogP) is 6.58. The molecule has 0 atom stereocenters. The van der Waals surface area contributed by atoms with E-state index in [0.717, 1.165) is 17.8 Å². The Morgan fingerprint density at radius 3 is 2.27 bits per heavy atom. The molecule has 19 heteroatoms. The molecule has 1 aliphatic rings. The number of sulfone groups is 1. The second-order valence-electron chi connectivity index (χ2n) is 15.2. The number of amides is 2. The van der Waals surface area contributed by atoms with E-state index in [9.17, 15) is 22.4 Å². The van der Waals surface area contributed by atoms with E-state index in [1.165, 1.54) is 40.1 Å². The average molecular weight is 891 g/mol. The van der Waals surface area contributed by atoms with Crippen LogP contribution in [0.15, 0.2) is 121 Å². The number of aromatic nitrogens is 7. The van der Waals surface area contributed by atoms with Gasteiger partial charge in [0.1, 0.15) is 35.6 Å². The maximum atomic E-state index is 15.5. The quantitative estimate of drug-likeness (QED) is 0.107. The van der Waals surface area contributed by atoms with Crippen LogP contribution in [-0.4, -0.2) is 61.7 Å². The largest absolute Gasteiger partial charge is 0.444 e. The number of nitrogens with one attached hydrogen (secondary N) is 1. The molecule has 9 rings (SSSR count). The second kappa shape index (κ2) is 16.6. The third-order valence-electron chi connectivity index (χ3n) is 10.9. The molecule has 0 saturated heterocycles. The monoisotopic (exact) mass is 890 g/mol. The summed E-state index contributed by atoms with van der Waals surface area (Å²) >= 11 is 0. The average Bonchev–Trinajstić information content (AvgIpc) is 4.00. The number of carbonyl (C=O) groups excluding carboxylic acids is 2. The third kappa shape index (κ3) is 8.08. The van der Waals surface area contributed by atoms with Gasteiger partial charge in [-0.1, -0.05) is 42.5 Å². The lowest BCUT2D eigenvalue weighted by atomic mass is 10.1. The number of rotatable bonds is 12. The van der Waals surface area contributed by atoms with E-state index in [0.29, 0.717) is 45.4 Å². The molecule has 8 aromatic rings. The zero-order chi connectivity index (χ0) is 44.9. The Hall–Kier alpha value is -7.67. The predicted molar refractivity (Wildman–Crippen MR) is 225 cm³/mol. The van der Waals surface area contributed by atoms with Crippen molar-refractivity contribution < 1.29 is 45.0 Å². The number of ether oxygens (including phenoxy) is 1. The van der Waals surface area contributed by atoms with Crippen molar-refractivity contribution in [2.45, 2.75) is 24.6 Å². The van der Waals surface area contributed by atoms with Gasteiger partial charge in [-0.2, -0.15) is 5.10 Å². The first-order valence-corrected chi connectivity index (χ1v) is 21.4. The van der Waals surface area contributed by atoms with Crippen LogP contribution < -0.4 is 14.9 Å². The summed E-state index contributed by atoms with van der Waals surface area (Å²) in [6.45, 7) is -0.505. The van der Waals surface area contributed by atoms with Gasteiger partial charge >= 0.3 is 6.09 Å². The van der Waals surface area contributed by atoms with Gasteiger partial charge in [-0.15, -0.1) is 9.36 Å². The molecule has 0 unspecified atom stereocenters. The lowest BCUT2D eigenvalue weighted by Gasteiger charge is -2.29. The fourth-order valence-electron chi connectivity index (χ4n) is 7.62. The van der Waals surface area contributed by atoms with Crippen molar-refractivity contribution in [1.29, 1.82) is 0 Å². The maximum Gasteiger partial charge on any atom is 0.414 e. The fraction of sp³-hybridized carbons (Fsp3) is 0.156. The number of halogens is 4. The van der Waals surface area contributed by atoms with Crippen LogP contribution in [0.25, 0.3) is 39.0 Å². The zero-order valence-corrected chi connectivity index (χ0v) is 34.9. The molecular formula is C45H36F4N9O5S+. The highest BCUT2D eigenvalue weighted by Crippen LogP contribution is 2.33. The number of hydrogen-bond donors (Lipinski definition) is 1. The molecule has 0 aliphatic carbocycles. The number of fused-ring (bicyclic) bond motifs is 2. The minimum absolute atomic E-state index is 0.0239. The molecule has 5 heterocycles. The number of benzene rings is 4. The van der Waals surface area contributed by atoms with E-state index in [-0.39, 0.29) is 41.9 Å². The lowest BCUT2D eigenvalue weighted by molar-refractivity contribution is -0.744. The van der Waals surface area contributed by atoms with E-state index in [4.69, 9.17) is 4.74 Å². The molecule has 0 saturated carbocycles. The van der Waals surface area contributed by atoms with Crippen molar-refractivity contribution in [2.24, 2.45) is 14.1 Å². The van der Waals surface area contributed by atoms with Crippen LogP contribution in [0.4, 0.5) is 28.0 Å². The van der Waals surface area contributed by atoms with Crippen LogP contribution in [0.5, 0.6) is 0 Å². The Balaban J connectivity index is 0.858. The molecule has 2 amide bonds. The first-order valence-electron chi connectivity index (χ1n) is 19.7. The van der Waals surface area contributed by atoms with E-state index in [1.54, 1.807) is 83.3 Å². The molecule has 14 nitrogen and oxygen atoms in total. The van der Waals surface area contributed by atoms with Crippen molar-refractivity contribution >= 4 is 38.4 Å². The number of anilines is 1. The van der Waals surface area contributed by atoms with Crippen LogP contribution in [0.3, 0.4) is 0 Å². The normalized spacial score (nSPS) is 12.7. The molecule has 0 fully saturated rings. The number of para-hydroxylation sites is 1. The van der Waals surface area contributed by atoms with Gasteiger partial charge in [-0.25, -0.2) is 40.7 Å². The minimum Gasteiger partial charge on any atom is -0.444 e. The Morgan fingerprint density at radius 2 is 1.56 bits per heavy atom. The zero-order valence-electron chi connectivity index (χ0n) is 34.0. The summed E-state index contributed by atoms with van der Waals surface area (Å²) < 4.78 is 99.3. The summed E-state index contributed by atoms with van der Waals surface area (Å²) in [5, 5.41) is 6.23. The summed E-state index contributed by atoms with van der Waals surface area (Å²) in [6.07, 6.45) is 9.86. The molecule has 1 N–H and O–H groups in total. The van der Waals surface area contributed by atoms with Gasteiger partial charge in [0.15, 0.2) is 16.9 Å². The number of aryl methyl sites for hydroxylation is 2. The Kier molecular flexibility index (Phi) is 10.8. The molecule has 324 valence electrons. The van der Waals surface area contributed by atoms with E-state index in [1.807, 2.05) is 12.1 Å². The summed E-state index contributed by atoms with van der Waals surface area (Å²) in [4.78, 5) is 35.1. The SMILES string of the molecule is Cn1cc(-c2ccc(Cn3cc(S(=O)(=O)CCNC(=O)c4cnc(-n5cc(-c6ccc(CN7C(=O)OCc8ccccc87)c(F)c6)c[n+]5C)cn4)c4c(F)cc(F)cc43)c(F)c2)cn1. The summed E-state index contributed by atoms with van der Waals surface area (Å²) in [6, 6.07) is 18.0. The maximum absolute atomic E-state index is 15.5. The fourth-order valence-corrected chi connectivity index (χ4v) is 9.01. The van der Waals surface area contributed by atoms with Gasteiger partial charge < -0.3 is 14.6 Å². The molecule has 4 aromatic heterocycles. The van der Waals surface area contributed by atoms with Gasteiger partial charge in [-0.05, 0) is 35.4 Å².